The lowest BCUT2D eigenvalue weighted by Gasteiger charge is -2.06. The first-order valence-electron chi connectivity index (χ1n) is 6.14. The molecule has 0 spiro atoms. The van der Waals surface area contributed by atoms with Gasteiger partial charge in [-0.05, 0) is 31.2 Å². The molecule has 5 nitrogen and oxygen atoms in total. The molecular formula is C14H16N4O. The normalized spacial score (nSPS) is 10.0. The zero-order chi connectivity index (χ0) is 13.7. The highest BCUT2D eigenvalue weighted by Gasteiger charge is 2.01. The Kier molecular flexibility index (Phi) is 4.07. The van der Waals surface area contributed by atoms with Crippen LogP contribution in [0.15, 0.2) is 36.4 Å². The number of carbonyl (C=O) groups is 1. The van der Waals surface area contributed by atoms with Gasteiger partial charge in [-0.25, -0.2) is 0 Å². The largest absolute Gasteiger partial charge is 0.339 e. The predicted molar refractivity (Wildman–Crippen MR) is 75.4 cm³/mol. The summed E-state index contributed by atoms with van der Waals surface area (Å²) >= 11 is 0. The molecule has 0 saturated heterocycles. The van der Waals surface area contributed by atoms with Gasteiger partial charge in [0.05, 0.1) is 0 Å². The van der Waals surface area contributed by atoms with Gasteiger partial charge < -0.3 is 10.6 Å². The van der Waals surface area contributed by atoms with Gasteiger partial charge in [-0.15, -0.1) is 10.2 Å². The van der Waals surface area contributed by atoms with E-state index in [1.807, 2.05) is 31.2 Å². The van der Waals surface area contributed by atoms with Crippen LogP contribution in [0.25, 0.3) is 0 Å². The summed E-state index contributed by atoms with van der Waals surface area (Å²) < 4.78 is 0. The SMILES string of the molecule is CCC(=O)Nc1ccc(Nc2ccc(C)cc2)nn1. The molecule has 1 amide bonds. The number of carbonyl (C=O) groups excluding carboxylic acids is 1. The van der Waals surface area contributed by atoms with Crippen molar-refractivity contribution in [3.05, 3.63) is 42.0 Å². The highest BCUT2D eigenvalue weighted by atomic mass is 16.1. The van der Waals surface area contributed by atoms with Crippen molar-refractivity contribution in [1.29, 1.82) is 0 Å². The smallest absolute Gasteiger partial charge is 0.225 e. The van der Waals surface area contributed by atoms with E-state index in [1.54, 1.807) is 19.1 Å². The van der Waals surface area contributed by atoms with Crippen LogP contribution in [0.3, 0.4) is 0 Å². The number of hydrogen-bond acceptors (Lipinski definition) is 4. The second-order valence-corrected chi connectivity index (χ2v) is 4.20. The number of amides is 1. The second kappa shape index (κ2) is 5.95. The Balaban J connectivity index is 2.02. The molecule has 0 radical (unpaired) electrons. The van der Waals surface area contributed by atoms with Crippen LogP contribution in [-0.2, 0) is 4.79 Å². The van der Waals surface area contributed by atoms with Gasteiger partial charge in [-0.3, -0.25) is 4.79 Å². The van der Waals surface area contributed by atoms with Gasteiger partial charge in [0.15, 0.2) is 11.6 Å². The number of anilines is 3. The first-order chi connectivity index (χ1) is 9.17. The highest BCUT2D eigenvalue weighted by Crippen LogP contribution is 2.15. The lowest BCUT2D eigenvalue weighted by Crippen LogP contribution is -2.11. The van der Waals surface area contributed by atoms with E-state index in [9.17, 15) is 4.79 Å². The van der Waals surface area contributed by atoms with Crippen molar-refractivity contribution in [3.8, 4) is 0 Å². The summed E-state index contributed by atoms with van der Waals surface area (Å²) in [4.78, 5) is 11.2. The fourth-order valence-corrected chi connectivity index (χ4v) is 1.48. The van der Waals surface area contributed by atoms with Gasteiger partial charge in [0.25, 0.3) is 0 Å². The molecular weight excluding hydrogens is 240 g/mol. The third kappa shape index (κ3) is 3.77. The zero-order valence-corrected chi connectivity index (χ0v) is 11.0. The van der Waals surface area contributed by atoms with Crippen molar-refractivity contribution in [2.75, 3.05) is 10.6 Å². The van der Waals surface area contributed by atoms with E-state index in [4.69, 9.17) is 0 Å². The lowest BCUT2D eigenvalue weighted by atomic mass is 10.2. The van der Waals surface area contributed by atoms with Crippen LogP contribution < -0.4 is 10.6 Å². The Morgan fingerprint density at radius 3 is 2.26 bits per heavy atom. The minimum Gasteiger partial charge on any atom is -0.339 e. The molecule has 0 aliphatic carbocycles. The molecule has 2 aromatic rings. The topological polar surface area (TPSA) is 66.9 Å². The molecule has 0 atom stereocenters. The highest BCUT2D eigenvalue weighted by molar-refractivity contribution is 5.89. The monoisotopic (exact) mass is 256 g/mol. The summed E-state index contributed by atoms with van der Waals surface area (Å²) in [5.41, 5.74) is 2.15. The quantitative estimate of drug-likeness (QED) is 0.882. The number of nitrogens with one attached hydrogen (secondary N) is 2. The van der Waals surface area contributed by atoms with Crippen LogP contribution in [0.2, 0.25) is 0 Å². The van der Waals surface area contributed by atoms with E-state index in [-0.39, 0.29) is 5.91 Å². The van der Waals surface area contributed by atoms with E-state index >= 15 is 0 Å². The number of aryl methyl sites for hydroxylation is 1. The minimum atomic E-state index is -0.0754. The van der Waals surface area contributed by atoms with Gasteiger partial charge in [-0.2, -0.15) is 0 Å². The van der Waals surface area contributed by atoms with Crippen molar-refractivity contribution >= 4 is 23.2 Å². The molecule has 98 valence electrons. The van der Waals surface area contributed by atoms with E-state index in [2.05, 4.69) is 20.8 Å². The van der Waals surface area contributed by atoms with Crippen LogP contribution in [-0.4, -0.2) is 16.1 Å². The Bertz CT molecular complexity index is 549. The number of aromatic nitrogens is 2. The molecule has 2 rings (SSSR count). The molecule has 1 heterocycles. The minimum absolute atomic E-state index is 0.0754. The average Bonchev–Trinajstić information content (AvgIpc) is 2.43. The van der Waals surface area contributed by atoms with Crippen LogP contribution in [0.4, 0.5) is 17.3 Å². The van der Waals surface area contributed by atoms with Crippen LogP contribution in [0.1, 0.15) is 18.9 Å². The molecule has 1 aromatic carbocycles. The maximum Gasteiger partial charge on any atom is 0.225 e. The molecule has 0 aliphatic rings. The fourth-order valence-electron chi connectivity index (χ4n) is 1.48. The molecule has 0 fully saturated rings. The molecule has 2 N–H and O–H groups in total. The van der Waals surface area contributed by atoms with Crippen molar-refractivity contribution < 1.29 is 4.79 Å². The third-order valence-corrected chi connectivity index (χ3v) is 2.58. The zero-order valence-electron chi connectivity index (χ0n) is 11.0. The summed E-state index contributed by atoms with van der Waals surface area (Å²) in [6.45, 7) is 3.82. The van der Waals surface area contributed by atoms with Gasteiger partial charge in [-0.1, -0.05) is 24.6 Å². The molecule has 19 heavy (non-hydrogen) atoms. The summed E-state index contributed by atoms with van der Waals surface area (Å²) in [5.74, 6) is 1.02. The summed E-state index contributed by atoms with van der Waals surface area (Å²) in [6.07, 6.45) is 0.422. The van der Waals surface area contributed by atoms with E-state index in [1.165, 1.54) is 5.56 Å². The Morgan fingerprint density at radius 1 is 1.05 bits per heavy atom. The number of rotatable bonds is 4. The van der Waals surface area contributed by atoms with E-state index < -0.39 is 0 Å². The van der Waals surface area contributed by atoms with Crippen molar-refractivity contribution in [3.63, 3.8) is 0 Å². The summed E-state index contributed by atoms with van der Waals surface area (Å²) in [7, 11) is 0. The molecule has 1 aromatic heterocycles. The number of nitrogens with zero attached hydrogens (tertiary/aromatic N) is 2. The van der Waals surface area contributed by atoms with Crippen molar-refractivity contribution in [2.24, 2.45) is 0 Å². The van der Waals surface area contributed by atoms with Crippen molar-refractivity contribution in [2.45, 2.75) is 20.3 Å². The molecule has 0 saturated carbocycles. The van der Waals surface area contributed by atoms with E-state index in [0.29, 0.717) is 18.1 Å². The second-order valence-electron chi connectivity index (χ2n) is 4.20. The first-order valence-corrected chi connectivity index (χ1v) is 6.14. The molecule has 0 unspecified atom stereocenters. The molecule has 0 bridgehead atoms. The van der Waals surface area contributed by atoms with Gasteiger partial charge >= 0.3 is 0 Å². The van der Waals surface area contributed by atoms with E-state index in [0.717, 1.165) is 5.69 Å². The van der Waals surface area contributed by atoms with Crippen molar-refractivity contribution in [1.82, 2.24) is 10.2 Å². The van der Waals surface area contributed by atoms with Gasteiger partial charge in [0.2, 0.25) is 5.91 Å². The predicted octanol–water partition coefficient (Wildman–Crippen LogP) is 2.88. The lowest BCUT2D eigenvalue weighted by molar-refractivity contribution is -0.115. The van der Waals surface area contributed by atoms with Gasteiger partial charge in [0, 0.05) is 12.1 Å². The summed E-state index contributed by atoms with van der Waals surface area (Å²) in [5, 5.41) is 13.7. The average molecular weight is 256 g/mol. The first kappa shape index (κ1) is 13.0. The standard InChI is InChI=1S/C14H16N4O/c1-3-14(19)16-13-9-8-12(17-18-13)15-11-6-4-10(2)5-7-11/h4-9H,3H2,1-2H3,(H,15,17)(H,16,18,19). The summed E-state index contributed by atoms with van der Waals surface area (Å²) in [6, 6.07) is 11.5. The number of hydrogen-bond donors (Lipinski definition) is 2. The van der Waals surface area contributed by atoms with Crippen LogP contribution >= 0.6 is 0 Å². The van der Waals surface area contributed by atoms with Gasteiger partial charge in [0.1, 0.15) is 0 Å². The fraction of sp³-hybridized carbons (Fsp3) is 0.214. The third-order valence-electron chi connectivity index (χ3n) is 2.58. The van der Waals surface area contributed by atoms with Crippen LogP contribution in [0, 0.1) is 6.92 Å². The Labute approximate surface area is 112 Å². The maximum absolute atomic E-state index is 11.2. The van der Waals surface area contributed by atoms with Crippen LogP contribution in [0.5, 0.6) is 0 Å². The molecule has 5 heteroatoms. The Hall–Kier alpha value is -2.43. The maximum atomic E-state index is 11.2. The molecule has 0 aliphatic heterocycles. The number of benzene rings is 1. The Morgan fingerprint density at radius 2 is 1.68 bits per heavy atom.